The van der Waals surface area contributed by atoms with Crippen molar-refractivity contribution in [2.24, 2.45) is 4.99 Å². The molecule has 7 nitrogen and oxygen atoms in total. The molecule has 8 heteroatoms. The molecule has 0 aliphatic carbocycles. The van der Waals surface area contributed by atoms with Gasteiger partial charge in [0.05, 0.1) is 22.9 Å². The second kappa shape index (κ2) is 10.5. The quantitative estimate of drug-likeness (QED) is 0.496. The average Bonchev–Trinajstić information content (AvgIpc) is 3.18. The van der Waals surface area contributed by atoms with Crippen LogP contribution < -0.4 is 24.5 Å². The number of rotatable bonds is 7. The molecule has 0 spiro atoms. The van der Waals surface area contributed by atoms with Gasteiger partial charge in [-0.05, 0) is 50.6 Å². The van der Waals surface area contributed by atoms with E-state index >= 15 is 0 Å². The van der Waals surface area contributed by atoms with E-state index in [0.717, 1.165) is 16.8 Å². The van der Waals surface area contributed by atoms with Gasteiger partial charge in [-0.3, -0.25) is 14.2 Å². The highest BCUT2D eigenvalue weighted by molar-refractivity contribution is 7.07. The van der Waals surface area contributed by atoms with Gasteiger partial charge in [-0.2, -0.15) is 0 Å². The number of anilines is 1. The van der Waals surface area contributed by atoms with Crippen molar-refractivity contribution in [3.05, 3.63) is 90.6 Å². The van der Waals surface area contributed by atoms with Gasteiger partial charge in [0.1, 0.15) is 11.8 Å². The fourth-order valence-corrected chi connectivity index (χ4v) is 5.53. The number of fused-ring (bicyclic) bond motifs is 1. The molecule has 0 radical (unpaired) electrons. The first-order valence-electron chi connectivity index (χ1n) is 12.0. The minimum atomic E-state index is -0.635. The van der Waals surface area contributed by atoms with E-state index < -0.39 is 6.04 Å². The molecule has 0 fully saturated rings. The van der Waals surface area contributed by atoms with E-state index in [1.165, 1.54) is 11.3 Å². The normalized spacial score (nSPS) is 15.4. The monoisotopic (exact) mass is 504 g/mol. The summed E-state index contributed by atoms with van der Waals surface area (Å²) in [5.74, 6) is 0.501. The van der Waals surface area contributed by atoms with Gasteiger partial charge in [-0.1, -0.05) is 41.7 Å². The molecule has 2 heterocycles. The van der Waals surface area contributed by atoms with E-state index in [1.807, 2.05) is 94.4 Å². The molecule has 1 aliphatic heterocycles. The smallest absolute Gasteiger partial charge is 0.271 e. The van der Waals surface area contributed by atoms with Crippen LogP contribution in [0, 0.1) is 0 Å². The SMILES string of the molecule is CCN(CC)C(=O)C1=C(C)N=c2s/c(=C/c3ccc(N(C)C)cc3)c(=O)n2[C@H]1c1ccccc1OC. The highest BCUT2D eigenvalue weighted by Crippen LogP contribution is 2.36. The molecular weight excluding hydrogens is 472 g/mol. The standard InChI is InChI=1S/C28H32N4O3S/c1-7-31(8-2)27(34)24-18(3)29-28-32(25(24)21-11-9-10-12-22(21)35-6)26(33)23(36-28)17-19-13-15-20(16-14-19)30(4)5/h9-17,25H,7-8H2,1-6H3/b23-17+/t25-/m0/s1. The van der Waals surface area contributed by atoms with E-state index in [2.05, 4.69) is 0 Å². The minimum Gasteiger partial charge on any atom is -0.496 e. The van der Waals surface area contributed by atoms with Crippen molar-refractivity contribution in [3.8, 4) is 5.75 Å². The molecule has 188 valence electrons. The maximum atomic E-state index is 13.8. The summed E-state index contributed by atoms with van der Waals surface area (Å²) >= 11 is 1.33. The van der Waals surface area contributed by atoms with Crippen LogP contribution in [0.25, 0.3) is 6.08 Å². The first-order valence-corrected chi connectivity index (χ1v) is 12.8. The highest BCUT2D eigenvalue weighted by atomic mass is 32.1. The Morgan fingerprint density at radius 3 is 2.39 bits per heavy atom. The average molecular weight is 505 g/mol. The summed E-state index contributed by atoms with van der Waals surface area (Å²) in [6, 6.07) is 14.9. The predicted molar refractivity (Wildman–Crippen MR) is 145 cm³/mol. The van der Waals surface area contributed by atoms with Crippen molar-refractivity contribution in [1.82, 2.24) is 9.47 Å². The molecule has 1 aromatic heterocycles. The number of thiazole rings is 1. The van der Waals surface area contributed by atoms with Gasteiger partial charge in [0, 0.05) is 38.4 Å². The maximum absolute atomic E-state index is 13.8. The topological polar surface area (TPSA) is 67.1 Å². The Morgan fingerprint density at radius 2 is 1.78 bits per heavy atom. The molecule has 2 aromatic carbocycles. The molecule has 0 N–H and O–H groups in total. The lowest BCUT2D eigenvalue weighted by atomic mass is 9.94. The summed E-state index contributed by atoms with van der Waals surface area (Å²) in [6.07, 6.45) is 1.88. The number of allylic oxidation sites excluding steroid dienone is 1. The van der Waals surface area contributed by atoms with Crippen LogP contribution in [-0.2, 0) is 4.79 Å². The van der Waals surface area contributed by atoms with Crippen LogP contribution in [0.1, 0.15) is 37.9 Å². The number of benzene rings is 2. The fourth-order valence-electron chi connectivity index (χ4n) is 4.48. The lowest BCUT2D eigenvalue weighted by Gasteiger charge is -2.29. The Labute approximate surface area is 215 Å². The molecule has 0 bridgehead atoms. The van der Waals surface area contributed by atoms with Crippen molar-refractivity contribution >= 4 is 29.0 Å². The van der Waals surface area contributed by atoms with Gasteiger partial charge in [0.2, 0.25) is 0 Å². The van der Waals surface area contributed by atoms with Crippen LogP contribution in [-0.4, -0.2) is 49.7 Å². The highest BCUT2D eigenvalue weighted by Gasteiger charge is 2.35. The maximum Gasteiger partial charge on any atom is 0.271 e. The molecule has 4 rings (SSSR count). The summed E-state index contributed by atoms with van der Waals surface area (Å²) < 4.78 is 7.87. The Bertz CT molecular complexity index is 1480. The second-order valence-electron chi connectivity index (χ2n) is 8.79. The molecule has 0 saturated carbocycles. The van der Waals surface area contributed by atoms with Gasteiger partial charge in [0.15, 0.2) is 4.80 Å². The molecule has 3 aromatic rings. The Balaban J connectivity index is 1.95. The molecule has 1 aliphatic rings. The first-order chi connectivity index (χ1) is 17.3. The number of hydrogen-bond donors (Lipinski definition) is 0. The summed E-state index contributed by atoms with van der Waals surface area (Å²) in [6.45, 7) is 6.88. The summed E-state index contributed by atoms with van der Waals surface area (Å²) in [5, 5.41) is 0. The van der Waals surface area contributed by atoms with Gasteiger partial charge in [-0.25, -0.2) is 4.99 Å². The van der Waals surface area contributed by atoms with Crippen molar-refractivity contribution in [2.45, 2.75) is 26.8 Å². The van der Waals surface area contributed by atoms with Crippen LogP contribution in [0.2, 0.25) is 0 Å². The molecule has 1 amide bonds. The Morgan fingerprint density at radius 1 is 1.11 bits per heavy atom. The zero-order valence-electron chi connectivity index (χ0n) is 21.6. The van der Waals surface area contributed by atoms with Gasteiger partial charge in [-0.15, -0.1) is 0 Å². The number of likely N-dealkylation sites (N-methyl/N-ethyl adjacent to an activating group) is 1. The third-order valence-electron chi connectivity index (χ3n) is 6.44. The van der Waals surface area contributed by atoms with Crippen LogP contribution >= 0.6 is 11.3 Å². The van der Waals surface area contributed by atoms with E-state index in [1.54, 1.807) is 16.6 Å². The number of nitrogens with zero attached hydrogens (tertiary/aromatic N) is 4. The van der Waals surface area contributed by atoms with Gasteiger partial charge < -0.3 is 14.5 Å². The van der Waals surface area contributed by atoms with Crippen molar-refractivity contribution < 1.29 is 9.53 Å². The lowest BCUT2D eigenvalue weighted by molar-refractivity contribution is -0.127. The van der Waals surface area contributed by atoms with Crippen molar-refractivity contribution in [2.75, 3.05) is 39.2 Å². The summed E-state index contributed by atoms with van der Waals surface area (Å²) in [4.78, 5) is 36.6. The van der Waals surface area contributed by atoms with Crippen LogP contribution in [0.3, 0.4) is 0 Å². The predicted octanol–water partition coefficient (Wildman–Crippen LogP) is 3.18. The Kier molecular flexibility index (Phi) is 7.45. The number of hydrogen-bond acceptors (Lipinski definition) is 6. The third-order valence-corrected chi connectivity index (χ3v) is 7.43. The van der Waals surface area contributed by atoms with Crippen LogP contribution in [0.15, 0.2) is 69.6 Å². The van der Waals surface area contributed by atoms with Crippen molar-refractivity contribution in [3.63, 3.8) is 0 Å². The molecular formula is C28H32N4O3S. The Hall–Kier alpha value is -3.65. The van der Waals surface area contributed by atoms with E-state index in [-0.39, 0.29) is 11.5 Å². The minimum absolute atomic E-state index is 0.120. The number of ether oxygens (including phenoxy) is 1. The van der Waals surface area contributed by atoms with Crippen LogP contribution in [0.4, 0.5) is 5.69 Å². The number of carbonyl (C=O) groups is 1. The first kappa shape index (κ1) is 25.4. The number of para-hydroxylation sites is 1. The lowest BCUT2D eigenvalue weighted by Crippen LogP contribution is -2.43. The number of carbonyl (C=O) groups excluding carboxylic acids is 1. The zero-order chi connectivity index (χ0) is 26.0. The molecule has 1 atom stereocenters. The summed E-state index contributed by atoms with van der Waals surface area (Å²) in [7, 11) is 5.58. The third kappa shape index (κ3) is 4.60. The fraction of sp³-hybridized carbons (Fsp3) is 0.321. The second-order valence-corrected chi connectivity index (χ2v) is 9.80. The molecule has 36 heavy (non-hydrogen) atoms. The van der Waals surface area contributed by atoms with E-state index in [0.29, 0.717) is 39.4 Å². The molecule has 0 unspecified atom stereocenters. The number of amides is 1. The summed E-state index contributed by atoms with van der Waals surface area (Å²) in [5.41, 5.74) is 3.70. The number of aromatic nitrogens is 1. The van der Waals surface area contributed by atoms with Gasteiger partial charge in [0.25, 0.3) is 11.5 Å². The largest absolute Gasteiger partial charge is 0.496 e. The van der Waals surface area contributed by atoms with Crippen molar-refractivity contribution in [1.29, 1.82) is 0 Å². The van der Waals surface area contributed by atoms with Crippen LogP contribution in [0.5, 0.6) is 5.75 Å². The van der Waals surface area contributed by atoms with E-state index in [4.69, 9.17) is 9.73 Å². The zero-order valence-corrected chi connectivity index (χ0v) is 22.4. The molecule has 0 saturated heterocycles. The van der Waals surface area contributed by atoms with E-state index in [9.17, 15) is 9.59 Å². The van der Waals surface area contributed by atoms with Gasteiger partial charge >= 0.3 is 0 Å². The number of methoxy groups -OCH3 is 1.